The van der Waals surface area contributed by atoms with Gasteiger partial charge in [-0.15, -0.1) is 0 Å². The van der Waals surface area contributed by atoms with Gasteiger partial charge in [0.2, 0.25) is 5.91 Å². The zero-order chi connectivity index (χ0) is 12.2. The molecule has 0 aromatic rings. The minimum atomic E-state index is 0.0723. The van der Waals surface area contributed by atoms with Gasteiger partial charge in [-0.3, -0.25) is 4.79 Å². The van der Waals surface area contributed by atoms with Crippen molar-refractivity contribution in [3.8, 4) is 0 Å². The van der Waals surface area contributed by atoms with Crippen LogP contribution in [0.3, 0.4) is 0 Å². The molecule has 96 valence electrons. The molecule has 16 heavy (non-hydrogen) atoms. The second-order valence-electron chi connectivity index (χ2n) is 4.22. The van der Waals surface area contributed by atoms with Gasteiger partial charge in [-0.25, -0.2) is 0 Å². The van der Waals surface area contributed by atoms with Crippen LogP contribution >= 0.6 is 0 Å². The molecule has 0 saturated carbocycles. The van der Waals surface area contributed by atoms with Gasteiger partial charge in [0.1, 0.15) is 0 Å². The highest BCUT2D eigenvalue weighted by molar-refractivity contribution is 5.78. The molecule has 0 aromatic heterocycles. The highest BCUT2D eigenvalue weighted by atomic mass is 16.2. The number of carbonyl (C=O) groups is 1. The molecule has 1 unspecified atom stereocenters. The van der Waals surface area contributed by atoms with Crippen LogP contribution in [-0.4, -0.2) is 36.8 Å². The van der Waals surface area contributed by atoms with Crippen molar-refractivity contribution in [2.24, 2.45) is 0 Å². The van der Waals surface area contributed by atoms with E-state index in [1.54, 1.807) is 0 Å². The van der Waals surface area contributed by atoms with E-state index in [0.29, 0.717) is 6.54 Å². The average Bonchev–Trinajstić information content (AvgIpc) is 2.23. The topological polar surface area (TPSA) is 61.4 Å². The first-order valence-corrected chi connectivity index (χ1v) is 6.31. The number of hydrogen-bond donors (Lipinski definition) is 3. The fourth-order valence-electron chi connectivity index (χ4n) is 1.57. The minimum absolute atomic E-state index is 0.0723. The third-order valence-electron chi connectivity index (χ3n) is 2.43. The first-order valence-electron chi connectivity index (χ1n) is 6.31. The maximum Gasteiger partial charge on any atom is 0.234 e. The van der Waals surface area contributed by atoms with Crippen LogP contribution in [0.1, 0.15) is 46.0 Å². The van der Waals surface area contributed by atoms with E-state index in [1.807, 2.05) is 6.92 Å². The van der Waals surface area contributed by atoms with Crippen LogP contribution in [0.25, 0.3) is 0 Å². The standard InChI is InChI=1S/C12H26N2O2/c1-3-7-11(2)14-12(16)10-13-8-5-4-6-9-15/h11,13,15H,3-10H2,1-2H3,(H,14,16). The fraction of sp³-hybridized carbons (Fsp3) is 0.917. The molecule has 0 saturated heterocycles. The van der Waals surface area contributed by atoms with E-state index in [1.165, 1.54) is 0 Å². The predicted octanol–water partition coefficient (Wildman–Crippen LogP) is 1.04. The molecule has 0 heterocycles. The number of carbonyl (C=O) groups excluding carboxylic acids is 1. The molecule has 0 spiro atoms. The Morgan fingerprint density at radius 1 is 1.31 bits per heavy atom. The number of unbranched alkanes of at least 4 members (excludes halogenated alkanes) is 2. The van der Waals surface area contributed by atoms with Gasteiger partial charge in [0.25, 0.3) is 0 Å². The van der Waals surface area contributed by atoms with E-state index in [0.717, 1.165) is 38.6 Å². The molecule has 0 rings (SSSR count). The molecule has 4 heteroatoms. The van der Waals surface area contributed by atoms with Gasteiger partial charge in [-0.2, -0.15) is 0 Å². The molecule has 0 fully saturated rings. The van der Waals surface area contributed by atoms with E-state index < -0.39 is 0 Å². The Morgan fingerprint density at radius 3 is 2.69 bits per heavy atom. The Morgan fingerprint density at radius 2 is 2.06 bits per heavy atom. The van der Waals surface area contributed by atoms with Crippen molar-refractivity contribution in [1.82, 2.24) is 10.6 Å². The number of rotatable bonds is 10. The van der Waals surface area contributed by atoms with Crippen LogP contribution < -0.4 is 10.6 Å². The summed E-state index contributed by atoms with van der Waals surface area (Å²) < 4.78 is 0. The van der Waals surface area contributed by atoms with Gasteiger partial charge in [-0.05, 0) is 39.2 Å². The van der Waals surface area contributed by atoms with Gasteiger partial charge in [-0.1, -0.05) is 13.3 Å². The van der Waals surface area contributed by atoms with Gasteiger partial charge >= 0.3 is 0 Å². The molecular weight excluding hydrogens is 204 g/mol. The Bertz CT molecular complexity index is 174. The van der Waals surface area contributed by atoms with E-state index in [2.05, 4.69) is 17.6 Å². The van der Waals surface area contributed by atoms with Crippen LogP contribution in [0.5, 0.6) is 0 Å². The Labute approximate surface area is 98.8 Å². The minimum Gasteiger partial charge on any atom is -0.396 e. The monoisotopic (exact) mass is 230 g/mol. The second kappa shape index (κ2) is 10.9. The van der Waals surface area contributed by atoms with Crippen molar-refractivity contribution < 1.29 is 9.90 Å². The van der Waals surface area contributed by atoms with Crippen LogP contribution in [-0.2, 0) is 4.79 Å². The van der Waals surface area contributed by atoms with Gasteiger partial charge in [0.15, 0.2) is 0 Å². The van der Waals surface area contributed by atoms with Crippen molar-refractivity contribution in [2.75, 3.05) is 19.7 Å². The molecule has 4 nitrogen and oxygen atoms in total. The maximum absolute atomic E-state index is 11.4. The number of nitrogens with one attached hydrogen (secondary N) is 2. The van der Waals surface area contributed by atoms with Crippen LogP contribution in [0.15, 0.2) is 0 Å². The largest absolute Gasteiger partial charge is 0.396 e. The number of hydrogen-bond acceptors (Lipinski definition) is 3. The summed E-state index contributed by atoms with van der Waals surface area (Å²) in [5.41, 5.74) is 0. The van der Waals surface area contributed by atoms with E-state index >= 15 is 0 Å². The van der Waals surface area contributed by atoms with Crippen molar-refractivity contribution in [3.63, 3.8) is 0 Å². The van der Waals surface area contributed by atoms with Crippen LogP contribution in [0.2, 0.25) is 0 Å². The van der Waals surface area contributed by atoms with Crippen molar-refractivity contribution in [2.45, 2.75) is 52.0 Å². The average molecular weight is 230 g/mol. The van der Waals surface area contributed by atoms with Crippen molar-refractivity contribution in [3.05, 3.63) is 0 Å². The molecular formula is C12H26N2O2. The van der Waals surface area contributed by atoms with E-state index in [9.17, 15) is 4.79 Å². The van der Waals surface area contributed by atoms with Gasteiger partial charge < -0.3 is 15.7 Å². The van der Waals surface area contributed by atoms with E-state index in [-0.39, 0.29) is 18.6 Å². The first-order chi connectivity index (χ1) is 7.70. The van der Waals surface area contributed by atoms with Gasteiger partial charge in [0, 0.05) is 12.6 Å². The Hall–Kier alpha value is -0.610. The normalized spacial score (nSPS) is 12.4. The van der Waals surface area contributed by atoms with Crippen molar-refractivity contribution in [1.29, 1.82) is 0 Å². The number of aliphatic hydroxyl groups excluding tert-OH is 1. The third-order valence-corrected chi connectivity index (χ3v) is 2.43. The predicted molar refractivity (Wildman–Crippen MR) is 66.3 cm³/mol. The summed E-state index contributed by atoms with van der Waals surface area (Å²) in [5, 5.41) is 14.6. The lowest BCUT2D eigenvalue weighted by Crippen LogP contribution is -2.39. The summed E-state index contributed by atoms with van der Waals surface area (Å²) in [7, 11) is 0. The van der Waals surface area contributed by atoms with Crippen LogP contribution in [0.4, 0.5) is 0 Å². The molecule has 0 radical (unpaired) electrons. The molecule has 0 aliphatic heterocycles. The lowest BCUT2D eigenvalue weighted by molar-refractivity contribution is -0.120. The number of amides is 1. The van der Waals surface area contributed by atoms with Crippen molar-refractivity contribution >= 4 is 5.91 Å². The molecule has 0 aliphatic carbocycles. The second-order valence-corrected chi connectivity index (χ2v) is 4.22. The summed E-state index contributed by atoms with van der Waals surface area (Å²) >= 11 is 0. The highest BCUT2D eigenvalue weighted by Crippen LogP contribution is 1.94. The van der Waals surface area contributed by atoms with Crippen LogP contribution in [0, 0.1) is 0 Å². The summed E-state index contributed by atoms with van der Waals surface area (Å²) in [5.74, 6) is 0.0723. The first kappa shape index (κ1) is 15.4. The smallest absolute Gasteiger partial charge is 0.234 e. The molecule has 0 bridgehead atoms. The molecule has 0 aliphatic rings. The molecule has 1 amide bonds. The molecule has 0 aromatic carbocycles. The van der Waals surface area contributed by atoms with Gasteiger partial charge in [0.05, 0.1) is 6.54 Å². The fourth-order valence-corrected chi connectivity index (χ4v) is 1.57. The third kappa shape index (κ3) is 9.93. The zero-order valence-corrected chi connectivity index (χ0v) is 10.6. The summed E-state index contributed by atoms with van der Waals surface area (Å²) in [6.45, 7) is 5.64. The number of aliphatic hydroxyl groups is 1. The SMILES string of the molecule is CCCC(C)NC(=O)CNCCCCCO. The summed E-state index contributed by atoms with van der Waals surface area (Å²) in [6.07, 6.45) is 5.00. The zero-order valence-electron chi connectivity index (χ0n) is 10.6. The molecule has 1 atom stereocenters. The maximum atomic E-state index is 11.4. The van der Waals surface area contributed by atoms with E-state index in [4.69, 9.17) is 5.11 Å². The lowest BCUT2D eigenvalue weighted by Gasteiger charge is -2.12. The quantitative estimate of drug-likeness (QED) is 0.491. The Balaban J connectivity index is 3.30. The highest BCUT2D eigenvalue weighted by Gasteiger charge is 2.04. The summed E-state index contributed by atoms with van der Waals surface area (Å²) in [6, 6.07) is 0.272. The Kier molecular flexibility index (Phi) is 10.5. The molecule has 3 N–H and O–H groups in total. The lowest BCUT2D eigenvalue weighted by atomic mass is 10.2. The summed E-state index contributed by atoms with van der Waals surface area (Å²) in [4.78, 5) is 11.4.